The molecule has 6 heteroatoms. The molecule has 0 saturated carbocycles. The van der Waals surface area contributed by atoms with Crippen LogP contribution in [0.2, 0.25) is 0 Å². The Labute approximate surface area is 172 Å². The summed E-state index contributed by atoms with van der Waals surface area (Å²) in [4.78, 5) is 25.3. The van der Waals surface area contributed by atoms with Crippen LogP contribution in [-0.2, 0) is 9.59 Å². The Morgan fingerprint density at radius 3 is 2.03 bits per heavy atom. The number of amides is 2. The van der Waals surface area contributed by atoms with Gasteiger partial charge in [0.1, 0.15) is 11.8 Å². The Kier molecular flexibility index (Phi) is 7.40. The molecule has 0 aliphatic carbocycles. The summed E-state index contributed by atoms with van der Waals surface area (Å²) in [7, 11) is 1.56. The van der Waals surface area contributed by atoms with Gasteiger partial charge in [-0.05, 0) is 55.2 Å². The zero-order valence-electron chi connectivity index (χ0n) is 17.7. The van der Waals surface area contributed by atoms with Crippen LogP contribution >= 0.6 is 0 Å². The molecule has 29 heavy (non-hydrogen) atoms. The molecule has 0 bridgehead atoms. The van der Waals surface area contributed by atoms with Gasteiger partial charge in [-0.3, -0.25) is 9.59 Å². The van der Waals surface area contributed by atoms with Crippen molar-refractivity contribution in [3.63, 3.8) is 0 Å². The van der Waals surface area contributed by atoms with Gasteiger partial charge in [0.15, 0.2) is 0 Å². The largest absolute Gasteiger partial charge is 0.497 e. The number of benzene rings is 2. The molecule has 2 rings (SSSR count). The van der Waals surface area contributed by atoms with Gasteiger partial charge in [-0.25, -0.2) is 0 Å². The minimum Gasteiger partial charge on any atom is -0.497 e. The highest BCUT2D eigenvalue weighted by molar-refractivity contribution is 5.98. The summed E-state index contributed by atoms with van der Waals surface area (Å²) in [6.45, 7) is 7.30. The Morgan fingerprint density at radius 2 is 1.55 bits per heavy atom. The van der Waals surface area contributed by atoms with Crippen molar-refractivity contribution in [2.24, 2.45) is 0 Å². The van der Waals surface area contributed by atoms with Gasteiger partial charge in [0, 0.05) is 5.69 Å². The molecule has 0 aromatic heterocycles. The van der Waals surface area contributed by atoms with Gasteiger partial charge in [-0.15, -0.1) is 0 Å². The van der Waals surface area contributed by atoms with Crippen molar-refractivity contribution in [3.05, 3.63) is 59.7 Å². The summed E-state index contributed by atoms with van der Waals surface area (Å²) >= 11 is 0. The average Bonchev–Trinajstić information content (AvgIpc) is 2.65. The molecule has 0 aliphatic rings. The standard InChI is InChI=1S/C23H30N2O4/c1-15(2)16-6-10-18(11-7-16)24-22(27)21(25-20(26)14-23(3,4)28)17-8-12-19(29-5)13-9-17/h6-13,15,21,28H,14H2,1-5H3,(H,24,27)(H,25,26). The van der Waals surface area contributed by atoms with Gasteiger partial charge in [0.05, 0.1) is 19.1 Å². The lowest BCUT2D eigenvalue weighted by molar-refractivity contribution is -0.129. The molecule has 2 aromatic carbocycles. The van der Waals surface area contributed by atoms with Gasteiger partial charge >= 0.3 is 0 Å². The second kappa shape index (κ2) is 9.56. The lowest BCUT2D eigenvalue weighted by atomic mass is 10.0. The first-order valence-electron chi connectivity index (χ1n) is 9.65. The van der Waals surface area contributed by atoms with Crippen molar-refractivity contribution in [1.29, 1.82) is 0 Å². The van der Waals surface area contributed by atoms with Gasteiger partial charge in [-0.2, -0.15) is 0 Å². The number of ether oxygens (including phenoxy) is 1. The van der Waals surface area contributed by atoms with Crippen LogP contribution in [-0.4, -0.2) is 29.6 Å². The van der Waals surface area contributed by atoms with Gasteiger partial charge in [-0.1, -0.05) is 38.1 Å². The number of rotatable bonds is 8. The lowest BCUT2D eigenvalue weighted by Crippen LogP contribution is -2.39. The average molecular weight is 399 g/mol. The number of methoxy groups -OCH3 is 1. The van der Waals surface area contributed by atoms with Crippen LogP contribution < -0.4 is 15.4 Å². The van der Waals surface area contributed by atoms with Crippen LogP contribution in [0.4, 0.5) is 5.69 Å². The van der Waals surface area contributed by atoms with Gasteiger partial charge < -0.3 is 20.5 Å². The van der Waals surface area contributed by atoms with Crippen molar-refractivity contribution >= 4 is 17.5 Å². The third-order valence-corrected chi connectivity index (χ3v) is 4.45. The topological polar surface area (TPSA) is 87.7 Å². The number of carbonyl (C=O) groups excluding carboxylic acids is 2. The molecule has 0 saturated heterocycles. The van der Waals surface area contributed by atoms with E-state index in [1.807, 2.05) is 24.3 Å². The molecule has 2 aromatic rings. The van der Waals surface area contributed by atoms with Crippen LogP contribution in [0.5, 0.6) is 5.75 Å². The monoisotopic (exact) mass is 398 g/mol. The number of hydrogen-bond donors (Lipinski definition) is 3. The van der Waals surface area contributed by atoms with Crippen molar-refractivity contribution in [2.45, 2.75) is 51.7 Å². The zero-order valence-corrected chi connectivity index (χ0v) is 17.7. The van der Waals surface area contributed by atoms with Crippen LogP contribution in [0.15, 0.2) is 48.5 Å². The number of aliphatic hydroxyl groups is 1. The van der Waals surface area contributed by atoms with Gasteiger partial charge in [0.25, 0.3) is 5.91 Å². The van der Waals surface area contributed by atoms with Gasteiger partial charge in [0.2, 0.25) is 5.91 Å². The van der Waals surface area contributed by atoms with E-state index < -0.39 is 17.6 Å². The quantitative estimate of drug-likeness (QED) is 0.632. The maximum atomic E-state index is 13.0. The van der Waals surface area contributed by atoms with Crippen LogP contribution in [0.1, 0.15) is 57.2 Å². The predicted octanol–water partition coefficient (Wildman–Crippen LogP) is 3.78. The molecular weight excluding hydrogens is 368 g/mol. The van der Waals surface area contributed by atoms with E-state index in [2.05, 4.69) is 24.5 Å². The minimum absolute atomic E-state index is 0.115. The molecule has 0 fully saturated rings. The Morgan fingerprint density at radius 1 is 1.00 bits per heavy atom. The van der Waals surface area contributed by atoms with Crippen molar-refractivity contribution < 1.29 is 19.4 Å². The Balaban J connectivity index is 2.22. The molecule has 156 valence electrons. The van der Waals surface area contributed by atoms with E-state index in [9.17, 15) is 14.7 Å². The minimum atomic E-state index is -1.17. The lowest BCUT2D eigenvalue weighted by Gasteiger charge is -2.22. The highest BCUT2D eigenvalue weighted by Gasteiger charge is 2.26. The molecule has 0 spiro atoms. The first kappa shape index (κ1) is 22.4. The highest BCUT2D eigenvalue weighted by atomic mass is 16.5. The Bertz CT molecular complexity index is 821. The van der Waals surface area contributed by atoms with E-state index >= 15 is 0 Å². The summed E-state index contributed by atoms with van der Waals surface area (Å²) in [6.07, 6.45) is -0.115. The predicted molar refractivity (Wildman–Crippen MR) is 114 cm³/mol. The van der Waals surface area contributed by atoms with E-state index in [0.29, 0.717) is 22.9 Å². The fourth-order valence-corrected chi connectivity index (χ4v) is 2.87. The SMILES string of the molecule is COc1ccc(C(NC(=O)CC(C)(C)O)C(=O)Nc2ccc(C(C)C)cc2)cc1. The number of hydrogen-bond acceptors (Lipinski definition) is 4. The highest BCUT2D eigenvalue weighted by Crippen LogP contribution is 2.22. The van der Waals surface area contributed by atoms with E-state index in [4.69, 9.17) is 4.74 Å². The summed E-state index contributed by atoms with van der Waals surface area (Å²) in [5, 5.41) is 15.5. The molecule has 0 heterocycles. The molecule has 1 atom stereocenters. The number of anilines is 1. The third kappa shape index (κ3) is 6.91. The van der Waals surface area contributed by atoms with Crippen LogP contribution in [0.25, 0.3) is 0 Å². The maximum absolute atomic E-state index is 13.0. The molecule has 0 radical (unpaired) electrons. The third-order valence-electron chi connectivity index (χ3n) is 4.45. The summed E-state index contributed by atoms with van der Waals surface area (Å²) in [6, 6.07) is 13.6. The second-order valence-corrected chi connectivity index (χ2v) is 8.03. The van der Waals surface area contributed by atoms with E-state index in [0.717, 1.165) is 0 Å². The van der Waals surface area contributed by atoms with Crippen molar-refractivity contribution in [2.75, 3.05) is 12.4 Å². The molecule has 0 aliphatic heterocycles. The molecule has 2 amide bonds. The van der Waals surface area contributed by atoms with E-state index in [1.165, 1.54) is 5.56 Å². The fourth-order valence-electron chi connectivity index (χ4n) is 2.87. The Hall–Kier alpha value is -2.86. The second-order valence-electron chi connectivity index (χ2n) is 8.03. The first-order valence-corrected chi connectivity index (χ1v) is 9.65. The van der Waals surface area contributed by atoms with Crippen molar-refractivity contribution in [1.82, 2.24) is 5.32 Å². The smallest absolute Gasteiger partial charge is 0.251 e. The van der Waals surface area contributed by atoms with Crippen molar-refractivity contribution in [3.8, 4) is 5.75 Å². The number of nitrogens with one attached hydrogen (secondary N) is 2. The molecule has 3 N–H and O–H groups in total. The van der Waals surface area contributed by atoms with Crippen LogP contribution in [0, 0.1) is 0 Å². The summed E-state index contributed by atoms with van der Waals surface area (Å²) in [5.74, 6) is 0.271. The molecular formula is C23H30N2O4. The summed E-state index contributed by atoms with van der Waals surface area (Å²) in [5.41, 5.74) is 1.27. The molecule has 6 nitrogen and oxygen atoms in total. The summed E-state index contributed by atoms with van der Waals surface area (Å²) < 4.78 is 5.16. The zero-order chi connectivity index (χ0) is 21.6. The van der Waals surface area contributed by atoms with E-state index in [1.54, 1.807) is 45.2 Å². The first-order chi connectivity index (χ1) is 13.6. The van der Waals surface area contributed by atoms with Crippen LogP contribution in [0.3, 0.4) is 0 Å². The maximum Gasteiger partial charge on any atom is 0.251 e. The van der Waals surface area contributed by atoms with E-state index in [-0.39, 0.29) is 12.3 Å². The fraction of sp³-hybridized carbons (Fsp3) is 0.391. The molecule has 1 unspecified atom stereocenters. The number of carbonyl (C=O) groups is 2. The normalized spacial score (nSPS) is 12.4.